The van der Waals surface area contributed by atoms with E-state index in [2.05, 4.69) is 14.9 Å². The maximum Gasteiger partial charge on any atom is 0.162 e. The maximum atomic E-state index is 8.40. The molecule has 2 aliphatic rings. The van der Waals surface area contributed by atoms with Crippen LogP contribution in [0.2, 0.25) is 0 Å². The van der Waals surface area contributed by atoms with E-state index < -0.39 is 5.79 Å². The van der Waals surface area contributed by atoms with E-state index >= 15 is 0 Å². The van der Waals surface area contributed by atoms with Gasteiger partial charge in [0.15, 0.2) is 5.79 Å². The summed E-state index contributed by atoms with van der Waals surface area (Å²) in [7, 11) is 0. The van der Waals surface area contributed by atoms with Crippen molar-refractivity contribution in [1.29, 1.82) is 0 Å². The third kappa shape index (κ3) is 5.60. The molecule has 2 saturated heterocycles. The van der Waals surface area contributed by atoms with Crippen LogP contribution < -0.4 is 0 Å². The highest BCUT2D eigenvalue weighted by atomic mass is 16.7. The van der Waals surface area contributed by atoms with Gasteiger partial charge in [-0.2, -0.15) is 0 Å². The maximum absolute atomic E-state index is 8.40. The van der Waals surface area contributed by atoms with Crippen LogP contribution in [0.5, 0.6) is 0 Å². The molecule has 0 aromatic rings. The van der Waals surface area contributed by atoms with Gasteiger partial charge in [0.05, 0.1) is 38.1 Å². The first-order valence-corrected chi connectivity index (χ1v) is 8.13. The molecule has 2 heterocycles. The van der Waals surface area contributed by atoms with Crippen molar-refractivity contribution in [2.24, 2.45) is 5.11 Å². The van der Waals surface area contributed by atoms with Gasteiger partial charge in [-0.15, -0.1) is 0 Å². The molecular weight excluding hydrogens is 300 g/mol. The summed E-state index contributed by atoms with van der Waals surface area (Å²) in [4.78, 5) is 5.00. The molecule has 1 unspecified atom stereocenters. The molecule has 8 heteroatoms. The van der Waals surface area contributed by atoms with E-state index in [1.165, 1.54) is 0 Å². The van der Waals surface area contributed by atoms with Crippen molar-refractivity contribution in [3.05, 3.63) is 10.4 Å². The minimum Gasteiger partial charge on any atom is -0.369 e. The van der Waals surface area contributed by atoms with Crippen molar-refractivity contribution in [2.75, 3.05) is 39.5 Å². The highest BCUT2D eigenvalue weighted by Crippen LogP contribution is 2.25. The summed E-state index contributed by atoms with van der Waals surface area (Å²) < 4.78 is 23.4. The molecule has 2 rings (SSSR count). The lowest BCUT2D eigenvalue weighted by Crippen LogP contribution is -2.58. The van der Waals surface area contributed by atoms with E-state index in [4.69, 9.17) is 24.5 Å². The Morgan fingerprint density at radius 1 is 1.13 bits per heavy atom. The molecule has 0 bridgehead atoms. The van der Waals surface area contributed by atoms with Crippen LogP contribution in [0.1, 0.15) is 34.1 Å². The minimum absolute atomic E-state index is 0.101. The average Bonchev–Trinajstić information content (AvgIpc) is 2.49. The monoisotopic (exact) mass is 328 g/mol. The Hall–Kier alpha value is -0.890. The zero-order chi connectivity index (χ0) is 16.9. The van der Waals surface area contributed by atoms with Crippen LogP contribution in [-0.2, 0) is 18.9 Å². The number of rotatable bonds is 6. The first-order valence-electron chi connectivity index (χ1n) is 8.13. The largest absolute Gasteiger partial charge is 0.369 e. The number of nitrogens with zero attached hydrogens (tertiary/aromatic N) is 4. The Labute approximate surface area is 137 Å². The predicted molar refractivity (Wildman–Crippen MR) is 84.9 cm³/mol. The fourth-order valence-electron chi connectivity index (χ4n) is 2.68. The Bertz CT molecular complexity index is 389. The standard InChI is InChI=1S/C15H28N4O4/c1-14(2)11-20-13(10-21-14)19(7-5-6-17-18-16)12-8-22-15(3,4)23-9-12/h12-13H,5-11H2,1-4H3. The van der Waals surface area contributed by atoms with Crippen molar-refractivity contribution in [2.45, 2.75) is 57.8 Å². The van der Waals surface area contributed by atoms with Gasteiger partial charge in [0.1, 0.15) is 6.23 Å². The lowest BCUT2D eigenvalue weighted by atomic mass is 10.1. The molecule has 23 heavy (non-hydrogen) atoms. The summed E-state index contributed by atoms with van der Waals surface area (Å²) in [6.07, 6.45) is 0.625. The smallest absolute Gasteiger partial charge is 0.162 e. The topological polar surface area (TPSA) is 88.9 Å². The highest BCUT2D eigenvalue weighted by Gasteiger charge is 2.38. The van der Waals surface area contributed by atoms with Gasteiger partial charge in [0.2, 0.25) is 0 Å². The van der Waals surface area contributed by atoms with Crippen molar-refractivity contribution in [3.63, 3.8) is 0 Å². The highest BCUT2D eigenvalue weighted by molar-refractivity contribution is 4.82. The second kappa shape index (κ2) is 7.79. The van der Waals surface area contributed by atoms with E-state index in [0.29, 0.717) is 33.0 Å². The molecule has 0 N–H and O–H groups in total. The van der Waals surface area contributed by atoms with Crippen LogP contribution in [0, 0.1) is 0 Å². The number of azide groups is 1. The van der Waals surface area contributed by atoms with Crippen LogP contribution in [0.15, 0.2) is 5.11 Å². The van der Waals surface area contributed by atoms with Gasteiger partial charge in [-0.1, -0.05) is 5.11 Å². The van der Waals surface area contributed by atoms with Crippen molar-refractivity contribution in [3.8, 4) is 0 Å². The van der Waals surface area contributed by atoms with Gasteiger partial charge in [0, 0.05) is 18.0 Å². The molecule has 2 aliphatic heterocycles. The molecular formula is C15H28N4O4. The zero-order valence-corrected chi connectivity index (χ0v) is 14.5. The van der Waals surface area contributed by atoms with Gasteiger partial charge in [0.25, 0.3) is 0 Å². The summed E-state index contributed by atoms with van der Waals surface area (Å²) in [5.41, 5.74) is 8.15. The SMILES string of the molecule is CC1(C)COC(N(CCCN=[N+]=[N-])C2COC(C)(C)OC2)CO1. The molecule has 132 valence electrons. The van der Waals surface area contributed by atoms with Crippen LogP contribution in [0.3, 0.4) is 0 Å². The fourth-order valence-corrected chi connectivity index (χ4v) is 2.68. The molecule has 0 aromatic carbocycles. The Morgan fingerprint density at radius 3 is 2.39 bits per heavy atom. The van der Waals surface area contributed by atoms with Crippen LogP contribution >= 0.6 is 0 Å². The summed E-state index contributed by atoms with van der Waals surface area (Å²) in [6, 6.07) is 0.101. The van der Waals surface area contributed by atoms with Crippen LogP contribution in [-0.4, -0.2) is 68.1 Å². The van der Waals surface area contributed by atoms with E-state index in [1.54, 1.807) is 0 Å². The molecule has 2 fully saturated rings. The number of hydrogen-bond acceptors (Lipinski definition) is 6. The van der Waals surface area contributed by atoms with Gasteiger partial charge >= 0.3 is 0 Å². The molecule has 8 nitrogen and oxygen atoms in total. The van der Waals surface area contributed by atoms with E-state index in [0.717, 1.165) is 13.0 Å². The Morgan fingerprint density at radius 2 is 1.83 bits per heavy atom. The van der Waals surface area contributed by atoms with Crippen molar-refractivity contribution < 1.29 is 18.9 Å². The first kappa shape index (κ1) is 18.4. The molecule has 0 aliphatic carbocycles. The van der Waals surface area contributed by atoms with E-state index in [-0.39, 0.29) is 17.9 Å². The summed E-state index contributed by atoms with van der Waals surface area (Å²) in [6.45, 7) is 11.3. The predicted octanol–water partition coefficient (Wildman–Crippen LogP) is 2.29. The molecule has 0 spiro atoms. The quantitative estimate of drug-likeness (QED) is 0.323. The van der Waals surface area contributed by atoms with E-state index in [1.807, 2.05) is 27.7 Å². The Balaban J connectivity index is 1.95. The second-order valence-electron chi connectivity index (χ2n) is 7.06. The summed E-state index contributed by atoms with van der Waals surface area (Å²) in [5, 5.41) is 3.60. The summed E-state index contributed by atoms with van der Waals surface area (Å²) >= 11 is 0. The van der Waals surface area contributed by atoms with Crippen molar-refractivity contribution >= 4 is 0 Å². The fraction of sp³-hybridized carbons (Fsp3) is 1.00. The zero-order valence-electron chi connectivity index (χ0n) is 14.5. The van der Waals surface area contributed by atoms with Gasteiger partial charge in [-0.05, 0) is 39.6 Å². The van der Waals surface area contributed by atoms with Gasteiger partial charge < -0.3 is 18.9 Å². The summed E-state index contributed by atoms with van der Waals surface area (Å²) in [5.74, 6) is -0.542. The lowest BCUT2D eigenvalue weighted by molar-refractivity contribution is -0.285. The second-order valence-corrected chi connectivity index (χ2v) is 7.06. The number of hydrogen-bond donors (Lipinski definition) is 0. The van der Waals surface area contributed by atoms with Crippen molar-refractivity contribution in [1.82, 2.24) is 4.90 Å². The molecule has 0 amide bonds. The Kier molecular flexibility index (Phi) is 6.25. The average molecular weight is 328 g/mol. The third-order valence-electron chi connectivity index (χ3n) is 4.06. The normalized spacial score (nSPS) is 27.6. The third-order valence-corrected chi connectivity index (χ3v) is 4.06. The first-order chi connectivity index (χ1) is 10.8. The lowest BCUT2D eigenvalue weighted by Gasteiger charge is -2.46. The molecule has 0 saturated carbocycles. The number of ether oxygens (including phenoxy) is 4. The molecule has 0 aromatic heterocycles. The van der Waals surface area contributed by atoms with Crippen LogP contribution in [0.25, 0.3) is 10.4 Å². The minimum atomic E-state index is -0.542. The van der Waals surface area contributed by atoms with Crippen LogP contribution in [0.4, 0.5) is 0 Å². The molecule has 1 atom stereocenters. The van der Waals surface area contributed by atoms with Gasteiger partial charge in [-0.25, -0.2) is 0 Å². The van der Waals surface area contributed by atoms with Gasteiger partial charge in [-0.3, -0.25) is 4.90 Å². The molecule has 0 radical (unpaired) electrons. The van der Waals surface area contributed by atoms with E-state index in [9.17, 15) is 0 Å².